The first kappa shape index (κ1) is 25.9. The van der Waals surface area contributed by atoms with E-state index in [-0.39, 0.29) is 40.5 Å². The molecule has 1 aromatic heterocycles. The Bertz CT molecular complexity index is 1640. The number of rotatable bonds is 7. The first-order chi connectivity index (χ1) is 19.5. The van der Waals surface area contributed by atoms with Crippen molar-refractivity contribution >= 4 is 17.9 Å². The average Bonchev–Trinajstić information content (AvgIpc) is 3.50. The van der Waals surface area contributed by atoms with E-state index in [0.29, 0.717) is 0 Å². The molecule has 0 amide bonds. The molecule has 0 spiro atoms. The molecular formula is C30H20N4O6. The lowest BCUT2D eigenvalue weighted by Gasteiger charge is -2.25. The van der Waals surface area contributed by atoms with Crippen LogP contribution < -0.4 is 0 Å². The molecular weight excluding hydrogens is 512 g/mol. The van der Waals surface area contributed by atoms with Crippen molar-refractivity contribution in [1.82, 2.24) is 9.55 Å². The highest BCUT2D eigenvalue weighted by atomic mass is 16.6. The third-order valence-corrected chi connectivity index (χ3v) is 6.30. The Morgan fingerprint density at radius 3 is 1.73 bits per heavy atom. The van der Waals surface area contributed by atoms with Gasteiger partial charge in [-0.05, 0) is 36.4 Å². The number of hydrogen-bond acceptors (Lipinski definition) is 9. The fourth-order valence-corrected chi connectivity index (χ4v) is 4.44. The first-order valence-electron chi connectivity index (χ1n) is 12.2. The van der Waals surface area contributed by atoms with Gasteiger partial charge < -0.3 is 18.8 Å². The van der Waals surface area contributed by atoms with Gasteiger partial charge in [0.15, 0.2) is 29.4 Å². The number of fused-ring (bicyclic) bond motifs is 1. The van der Waals surface area contributed by atoms with E-state index in [1.54, 1.807) is 91.0 Å². The van der Waals surface area contributed by atoms with Gasteiger partial charge in [0.25, 0.3) is 0 Å². The van der Waals surface area contributed by atoms with Gasteiger partial charge in [0.1, 0.15) is 24.8 Å². The molecule has 5 rings (SSSR count). The maximum Gasteiger partial charge on any atom is 0.338 e. The second-order valence-electron chi connectivity index (χ2n) is 8.72. The Morgan fingerprint density at radius 2 is 1.23 bits per heavy atom. The normalized spacial score (nSPS) is 17.1. The number of nitriles is 2. The van der Waals surface area contributed by atoms with Crippen molar-refractivity contribution in [1.29, 1.82) is 10.5 Å². The van der Waals surface area contributed by atoms with Crippen molar-refractivity contribution < 1.29 is 28.6 Å². The number of esters is 3. The van der Waals surface area contributed by atoms with E-state index in [4.69, 9.17) is 14.2 Å². The van der Waals surface area contributed by atoms with Gasteiger partial charge in [-0.25, -0.2) is 19.4 Å². The number of hydrogen-bond donors (Lipinski definition) is 0. The van der Waals surface area contributed by atoms with Gasteiger partial charge >= 0.3 is 17.9 Å². The molecule has 4 aromatic rings. The smallest absolute Gasteiger partial charge is 0.338 e. The molecule has 0 radical (unpaired) electrons. The number of benzene rings is 3. The van der Waals surface area contributed by atoms with Gasteiger partial charge in [0.05, 0.1) is 16.7 Å². The highest BCUT2D eigenvalue weighted by Gasteiger charge is 2.50. The molecule has 1 aliphatic rings. The first-order valence-corrected chi connectivity index (χ1v) is 12.2. The van der Waals surface area contributed by atoms with Crippen molar-refractivity contribution in [2.75, 3.05) is 6.61 Å². The van der Waals surface area contributed by atoms with E-state index in [9.17, 15) is 24.9 Å². The fourth-order valence-electron chi connectivity index (χ4n) is 4.44. The van der Waals surface area contributed by atoms with Crippen LogP contribution in [0.5, 0.6) is 0 Å². The van der Waals surface area contributed by atoms with Crippen molar-refractivity contribution in [3.05, 3.63) is 125 Å². The number of imidazole rings is 1. The minimum Gasteiger partial charge on any atom is -0.460 e. The van der Waals surface area contributed by atoms with E-state index in [1.807, 2.05) is 12.1 Å². The van der Waals surface area contributed by atoms with Crippen molar-refractivity contribution in [2.24, 2.45) is 0 Å². The van der Waals surface area contributed by atoms with Gasteiger partial charge in [-0.3, -0.25) is 0 Å². The van der Waals surface area contributed by atoms with E-state index in [1.165, 1.54) is 4.57 Å². The molecule has 0 saturated carbocycles. The quantitative estimate of drug-likeness (QED) is 0.253. The standard InChI is InChI=1S/C30H20N4O6/c31-16-22-23(17-32)34-24(18-38-28(35)19-10-4-1-5-11-19)25(39-29(36)20-12-6-2-7-13-20)26(27(34)33-22)40-30(37)21-14-8-3-9-15-21/h1-15,24-26H,18H2/t24-,25-,26-/m1/s1. The molecule has 10 heteroatoms. The second kappa shape index (κ2) is 11.3. The molecule has 1 aliphatic heterocycles. The fraction of sp³-hybridized carbons (Fsp3) is 0.133. The summed E-state index contributed by atoms with van der Waals surface area (Å²) in [7, 11) is 0. The molecule has 196 valence electrons. The molecule has 0 fully saturated rings. The third-order valence-electron chi connectivity index (χ3n) is 6.30. The molecule has 3 atom stereocenters. The predicted molar refractivity (Wildman–Crippen MR) is 138 cm³/mol. The van der Waals surface area contributed by atoms with Gasteiger partial charge in [0.2, 0.25) is 0 Å². The Morgan fingerprint density at radius 1 is 0.725 bits per heavy atom. The summed E-state index contributed by atoms with van der Waals surface area (Å²) in [6, 6.07) is 27.4. The zero-order valence-corrected chi connectivity index (χ0v) is 20.8. The lowest BCUT2D eigenvalue weighted by Crippen LogP contribution is -2.33. The lowest BCUT2D eigenvalue weighted by atomic mass is 10.1. The van der Waals surface area contributed by atoms with Crippen molar-refractivity contribution in [3.63, 3.8) is 0 Å². The summed E-state index contributed by atoms with van der Waals surface area (Å²) in [5.41, 5.74) is 0.407. The average molecular weight is 533 g/mol. The minimum absolute atomic E-state index is 0.0176. The maximum absolute atomic E-state index is 13.1. The Kier molecular flexibility index (Phi) is 7.34. The Hall–Kier alpha value is -5.74. The monoisotopic (exact) mass is 532 g/mol. The van der Waals surface area contributed by atoms with Crippen LogP contribution in [0.3, 0.4) is 0 Å². The van der Waals surface area contributed by atoms with E-state index in [0.717, 1.165) is 0 Å². The predicted octanol–water partition coefficient (Wildman–Crippen LogP) is 4.16. The number of nitrogens with zero attached hydrogens (tertiary/aromatic N) is 4. The summed E-state index contributed by atoms with van der Waals surface area (Å²) in [6.45, 7) is -0.372. The molecule has 3 aromatic carbocycles. The van der Waals surface area contributed by atoms with Crippen LogP contribution in [0.2, 0.25) is 0 Å². The number of ether oxygens (including phenoxy) is 3. The molecule has 2 heterocycles. The van der Waals surface area contributed by atoms with Crippen LogP contribution in [-0.4, -0.2) is 40.2 Å². The summed E-state index contributed by atoms with van der Waals surface area (Å²) in [5.74, 6) is -2.10. The van der Waals surface area contributed by atoms with Gasteiger partial charge in [-0.15, -0.1) is 0 Å². The van der Waals surface area contributed by atoms with E-state index < -0.39 is 36.2 Å². The third kappa shape index (κ3) is 5.02. The zero-order chi connectivity index (χ0) is 28.1. The van der Waals surface area contributed by atoms with Crippen molar-refractivity contribution in [2.45, 2.75) is 18.2 Å². The highest BCUT2D eigenvalue weighted by molar-refractivity contribution is 5.91. The number of aromatic nitrogens is 2. The van der Waals surface area contributed by atoms with E-state index >= 15 is 0 Å². The molecule has 0 aliphatic carbocycles. The molecule has 0 saturated heterocycles. The topological polar surface area (TPSA) is 144 Å². The largest absolute Gasteiger partial charge is 0.460 e. The second-order valence-corrected chi connectivity index (χ2v) is 8.72. The summed E-state index contributed by atoms with van der Waals surface area (Å²) in [6.07, 6.45) is -2.55. The van der Waals surface area contributed by atoms with Crippen LogP contribution in [0, 0.1) is 22.7 Å². The van der Waals surface area contributed by atoms with Crippen LogP contribution >= 0.6 is 0 Å². The number of carbonyl (C=O) groups excluding carboxylic acids is 3. The van der Waals surface area contributed by atoms with Crippen LogP contribution in [0.15, 0.2) is 91.0 Å². The SMILES string of the molecule is N#Cc1nc2n(c1C#N)[C@H](COC(=O)c1ccccc1)[C@@H](OC(=O)c1ccccc1)[C@H]2OC(=O)c1ccccc1. The summed E-state index contributed by atoms with van der Waals surface area (Å²) < 4.78 is 18.5. The minimum atomic E-state index is -1.31. The summed E-state index contributed by atoms with van der Waals surface area (Å²) >= 11 is 0. The van der Waals surface area contributed by atoms with Crippen molar-refractivity contribution in [3.8, 4) is 12.1 Å². The molecule has 0 unspecified atom stereocenters. The van der Waals surface area contributed by atoms with Gasteiger partial charge in [0, 0.05) is 0 Å². The summed E-state index contributed by atoms with van der Waals surface area (Å²) in [4.78, 5) is 43.2. The zero-order valence-electron chi connectivity index (χ0n) is 20.8. The molecule has 0 bridgehead atoms. The lowest BCUT2D eigenvalue weighted by molar-refractivity contribution is -0.0487. The van der Waals surface area contributed by atoms with Crippen LogP contribution in [0.25, 0.3) is 0 Å². The van der Waals surface area contributed by atoms with Gasteiger partial charge in [-0.2, -0.15) is 10.5 Å². The summed E-state index contributed by atoms with van der Waals surface area (Å²) in [5, 5.41) is 19.5. The Labute approximate surface area is 228 Å². The molecule has 10 nitrogen and oxygen atoms in total. The Balaban J connectivity index is 1.54. The van der Waals surface area contributed by atoms with Crippen LogP contribution in [0.1, 0.15) is 60.4 Å². The van der Waals surface area contributed by atoms with Crippen LogP contribution in [0.4, 0.5) is 0 Å². The van der Waals surface area contributed by atoms with E-state index in [2.05, 4.69) is 4.98 Å². The maximum atomic E-state index is 13.1. The van der Waals surface area contributed by atoms with Crippen LogP contribution in [-0.2, 0) is 14.2 Å². The highest BCUT2D eigenvalue weighted by Crippen LogP contribution is 2.42. The number of carbonyl (C=O) groups is 3. The van der Waals surface area contributed by atoms with Gasteiger partial charge in [-0.1, -0.05) is 54.6 Å². The molecule has 0 N–H and O–H groups in total. The molecule has 40 heavy (non-hydrogen) atoms.